The molecule has 3 rings (SSSR count). The minimum atomic E-state index is 0.278. The molecule has 0 spiro atoms. The minimum Gasteiger partial charge on any atom is -0.352 e. The second-order valence-corrected chi connectivity index (χ2v) is 7.94. The molecule has 5 heteroatoms. The molecule has 2 unspecified atom stereocenters. The van der Waals surface area contributed by atoms with Crippen molar-refractivity contribution < 1.29 is 4.79 Å². The second kappa shape index (κ2) is 8.56. The van der Waals surface area contributed by atoms with Crippen molar-refractivity contribution in [2.75, 3.05) is 26.7 Å². The molecule has 26 heavy (non-hydrogen) atoms. The summed E-state index contributed by atoms with van der Waals surface area (Å²) in [6, 6.07) is 8.41. The number of guanidine groups is 1. The van der Waals surface area contributed by atoms with Gasteiger partial charge in [-0.2, -0.15) is 0 Å². The van der Waals surface area contributed by atoms with Crippen molar-refractivity contribution in [3.8, 4) is 0 Å². The third-order valence-electron chi connectivity index (χ3n) is 5.47. The molecule has 1 aromatic rings. The van der Waals surface area contributed by atoms with E-state index in [1.54, 1.807) is 0 Å². The second-order valence-electron chi connectivity index (χ2n) is 7.94. The molecule has 0 saturated carbocycles. The van der Waals surface area contributed by atoms with Crippen LogP contribution in [0, 0.1) is 11.8 Å². The topological polar surface area (TPSA) is 47.9 Å². The molecule has 5 nitrogen and oxygen atoms in total. The van der Waals surface area contributed by atoms with E-state index in [1.165, 1.54) is 17.5 Å². The number of nitrogens with zero attached hydrogens (tertiary/aromatic N) is 3. The summed E-state index contributed by atoms with van der Waals surface area (Å²) in [7, 11) is 1.86. The zero-order valence-corrected chi connectivity index (χ0v) is 16.4. The van der Waals surface area contributed by atoms with Crippen molar-refractivity contribution in [3.63, 3.8) is 0 Å². The molecular formula is C21H32N4O. The molecule has 1 amide bonds. The van der Waals surface area contributed by atoms with Gasteiger partial charge in [-0.05, 0) is 35.8 Å². The first kappa shape index (κ1) is 18.7. The SMILES string of the molecule is CN=C(NCc1ccccc1CN1CCCC1=O)N1CC(C)CC(C)C1. The number of carbonyl (C=O) groups excluding carboxylic acids is 1. The van der Waals surface area contributed by atoms with Crippen LogP contribution in [0.15, 0.2) is 29.3 Å². The number of likely N-dealkylation sites (tertiary alicyclic amines) is 2. The van der Waals surface area contributed by atoms with Crippen LogP contribution in [-0.4, -0.2) is 48.3 Å². The maximum Gasteiger partial charge on any atom is 0.222 e. The van der Waals surface area contributed by atoms with Gasteiger partial charge >= 0.3 is 0 Å². The van der Waals surface area contributed by atoms with Gasteiger partial charge in [0.05, 0.1) is 0 Å². The number of hydrogen-bond donors (Lipinski definition) is 1. The molecule has 0 bridgehead atoms. The molecule has 2 heterocycles. The van der Waals surface area contributed by atoms with Gasteiger partial charge < -0.3 is 15.1 Å². The quantitative estimate of drug-likeness (QED) is 0.667. The Morgan fingerprint density at radius 2 is 1.88 bits per heavy atom. The average Bonchev–Trinajstić information content (AvgIpc) is 3.01. The van der Waals surface area contributed by atoms with Gasteiger partial charge in [0.2, 0.25) is 5.91 Å². The molecule has 0 aliphatic carbocycles. The lowest BCUT2D eigenvalue weighted by Gasteiger charge is -2.37. The Bertz CT molecular complexity index is 647. The molecule has 2 fully saturated rings. The smallest absolute Gasteiger partial charge is 0.222 e. The Morgan fingerprint density at radius 3 is 2.50 bits per heavy atom. The maximum atomic E-state index is 12.0. The van der Waals surface area contributed by atoms with Gasteiger partial charge in [-0.25, -0.2) is 0 Å². The summed E-state index contributed by atoms with van der Waals surface area (Å²) in [6.45, 7) is 9.10. The first-order valence-corrected chi connectivity index (χ1v) is 9.87. The predicted octanol–water partition coefficient (Wildman–Crippen LogP) is 2.86. The number of carbonyl (C=O) groups is 1. The molecule has 2 aliphatic rings. The van der Waals surface area contributed by atoms with E-state index >= 15 is 0 Å². The maximum absolute atomic E-state index is 12.0. The summed E-state index contributed by atoms with van der Waals surface area (Å²) in [4.78, 5) is 20.8. The first-order valence-electron chi connectivity index (χ1n) is 9.87. The number of rotatable bonds is 4. The van der Waals surface area contributed by atoms with E-state index < -0.39 is 0 Å². The summed E-state index contributed by atoms with van der Waals surface area (Å²) in [6.07, 6.45) is 2.97. The van der Waals surface area contributed by atoms with E-state index in [-0.39, 0.29) is 5.91 Å². The van der Waals surface area contributed by atoms with Crippen LogP contribution in [0.2, 0.25) is 0 Å². The van der Waals surface area contributed by atoms with Crippen molar-refractivity contribution in [1.29, 1.82) is 0 Å². The molecular weight excluding hydrogens is 324 g/mol. The van der Waals surface area contributed by atoms with E-state index in [9.17, 15) is 4.79 Å². The predicted molar refractivity (Wildman–Crippen MR) is 106 cm³/mol. The Hall–Kier alpha value is -2.04. The Labute approximate surface area is 157 Å². The van der Waals surface area contributed by atoms with Gasteiger partial charge in [0.15, 0.2) is 5.96 Å². The normalized spacial score (nSPS) is 24.3. The van der Waals surface area contributed by atoms with E-state index in [4.69, 9.17) is 0 Å². The van der Waals surface area contributed by atoms with E-state index in [1.807, 2.05) is 11.9 Å². The summed E-state index contributed by atoms with van der Waals surface area (Å²) >= 11 is 0. The number of aliphatic imine (C=N–C) groups is 1. The lowest BCUT2D eigenvalue weighted by molar-refractivity contribution is -0.128. The van der Waals surface area contributed by atoms with Crippen molar-refractivity contribution in [2.24, 2.45) is 16.8 Å². The highest BCUT2D eigenvalue weighted by Gasteiger charge is 2.24. The summed E-state index contributed by atoms with van der Waals surface area (Å²) < 4.78 is 0. The fourth-order valence-corrected chi connectivity index (χ4v) is 4.30. The van der Waals surface area contributed by atoms with Crippen molar-refractivity contribution in [2.45, 2.75) is 46.2 Å². The van der Waals surface area contributed by atoms with Crippen LogP contribution in [0.4, 0.5) is 0 Å². The number of nitrogens with one attached hydrogen (secondary N) is 1. The van der Waals surface area contributed by atoms with Gasteiger partial charge in [0.1, 0.15) is 0 Å². The molecule has 2 saturated heterocycles. The number of amides is 1. The van der Waals surface area contributed by atoms with Crippen LogP contribution >= 0.6 is 0 Å². The number of piperidine rings is 1. The average molecular weight is 357 g/mol. The zero-order chi connectivity index (χ0) is 18.5. The zero-order valence-electron chi connectivity index (χ0n) is 16.4. The summed E-state index contributed by atoms with van der Waals surface area (Å²) in [5.41, 5.74) is 2.47. The lowest BCUT2D eigenvalue weighted by atomic mass is 9.92. The third-order valence-corrected chi connectivity index (χ3v) is 5.47. The molecule has 1 N–H and O–H groups in total. The molecule has 2 atom stereocenters. The molecule has 1 aromatic carbocycles. The van der Waals surface area contributed by atoms with Crippen molar-refractivity contribution >= 4 is 11.9 Å². The minimum absolute atomic E-state index is 0.278. The van der Waals surface area contributed by atoms with Crippen LogP contribution in [0.3, 0.4) is 0 Å². The van der Waals surface area contributed by atoms with E-state index in [2.05, 4.69) is 53.3 Å². The van der Waals surface area contributed by atoms with Crippen LogP contribution in [0.25, 0.3) is 0 Å². The monoisotopic (exact) mass is 356 g/mol. The highest BCUT2D eigenvalue weighted by molar-refractivity contribution is 5.80. The molecule has 0 radical (unpaired) electrons. The number of hydrogen-bond acceptors (Lipinski definition) is 2. The fraction of sp³-hybridized carbons (Fsp3) is 0.619. The molecule has 2 aliphatic heterocycles. The molecule has 0 aromatic heterocycles. The largest absolute Gasteiger partial charge is 0.352 e. The molecule has 142 valence electrons. The van der Waals surface area contributed by atoms with Crippen LogP contribution in [0.1, 0.15) is 44.2 Å². The van der Waals surface area contributed by atoms with Crippen molar-refractivity contribution in [1.82, 2.24) is 15.1 Å². The Kier molecular flexibility index (Phi) is 6.17. The fourth-order valence-electron chi connectivity index (χ4n) is 4.30. The van der Waals surface area contributed by atoms with Crippen LogP contribution in [-0.2, 0) is 17.9 Å². The van der Waals surface area contributed by atoms with Gasteiger partial charge in [0, 0.05) is 46.2 Å². The third kappa shape index (κ3) is 4.57. The Balaban J connectivity index is 1.64. The van der Waals surface area contributed by atoms with Gasteiger partial charge in [-0.15, -0.1) is 0 Å². The standard InChI is InChI=1S/C21H32N4O/c1-16-11-17(2)14-25(13-16)21(22-3)23-12-18-7-4-5-8-19(18)15-24-10-6-9-20(24)26/h4-5,7-8,16-17H,6,9-15H2,1-3H3,(H,22,23). The van der Waals surface area contributed by atoms with Crippen molar-refractivity contribution in [3.05, 3.63) is 35.4 Å². The van der Waals surface area contributed by atoms with Gasteiger partial charge in [0.25, 0.3) is 0 Å². The highest BCUT2D eigenvalue weighted by atomic mass is 16.2. The highest BCUT2D eigenvalue weighted by Crippen LogP contribution is 2.21. The first-order chi connectivity index (χ1) is 12.6. The van der Waals surface area contributed by atoms with Gasteiger partial charge in [-0.3, -0.25) is 9.79 Å². The summed E-state index contributed by atoms with van der Waals surface area (Å²) in [5.74, 6) is 2.66. The van der Waals surface area contributed by atoms with Crippen LogP contribution < -0.4 is 5.32 Å². The van der Waals surface area contributed by atoms with Crippen LogP contribution in [0.5, 0.6) is 0 Å². The lowest BCUT2D eigenvalue weighted by Crippen LogP contribution is -2.48. The summed E-state index contributed by atoms with van der Waals surface area (Å²) in [5, 5.41) is 3.55. The van der Waals surface area contributed by atoms with E-state index in [0.717, 1.165) is 38.6 Å². The Morgan fingerprint density at radius 1 is 1.19 bits per heavy atom. The number of benzene rings is 1. The van der Waals surface area contributed by atoms with E-state index in [0.29, 0.717) is 24.8 Å². The van der Waals surface area contributed by atoms with Gasteiger partial charge in [-0.1, -0.05) is 38.1 Å².